The standard InChI is InChI=1S/C20H19ClN2O3/c1-22(16-8-4-6-13-5-2-3-7-15(13)16)19(24)12-23-17-10-9-14(21)11-18(17)26-20(23)25/h2-3,5,7,9-11,16H,4,6,8,12H2,1H3/t16-/m1/s1. The molecule has 3 aromatic rings. The summed E-state index contributed by atoms with van der Waals surface area (Å²) in [6.45, 7) is -0.0529. The molecule has 1 amide bonds. The van der Waals surface area contributed by atoms with Crippen LogP contribution >= 0.6 is 11.6 Å². The van der Waals surface area contributed by atoms with Crippen LogP contribution in [0.1, 0.15) is 30.0 Å². The number of nitrogens with zero attached hydrogens (tertiary/aromatic N) is 2. The van der Waals surface area contributed by atoms with Crippen LogP contribution in [-0.2, 0) is 17.8 Å². The average Bonchev–Trinajstić information content (AvgIpc) is 2.95. The highest BCUT2D eigenvalue weighted by Gasteiger charge is 2.27. The fourth-order valence-electron chi connectivity index (χ4n) is 3.74. The van der Waals surface area contributed by atoms with E-state index >= 15 is 0 Å². The minimum Gasteiger partial charge on any atom is -0.408 e. The van der Waals surface area contributed by atoms with E-state index in [1.54, 1.807) is 30.1 Å². The molecule has 0 N–H and O–H groups in total. The predicted molar refractivity (Wildman–Crippen MR) is 100 cm³/mol. The Kier molecular flexibility index (Phi) is 4.32. The number of hydrogen-bond acceptors (Lipinski definition) is 3. The normalized spacial score (nSPS) is 16.5. The summed E-state index contributed by atoms with van der Waals surface area (Å²) < 4.78 is 6.57. The van der Waals surface area contributed by atoms with Crippen LogP contribution in [0, 0.1) is 0 Å². The Labute approximate surface area is 155 Å². The van der Waals surface area contributed by atoms with Gasteiger partial charge in [0.2, 0.25) is 5.91 Å². The summed E-state index contributed by atoms with van der Waals surface area (Å²) in [4.78, 5) is 26.8. The molecule has 0 aliphatic heterocycles. The number of carbonyl (C=O) groups excluding carboxylic acids is 1. The third-order valence-corrected chi connectivity index (χ3v) is 5.36. The second kappa shape index (κ2) is 6.65. The third-order valence-electron chi connectivity index (χ3n) is 5.12. The van der Waals surface area contributed by atoms with Crippen LogP contribution in [-0.4, -0.2) is 22.4 Å². The molecular formula is C20H19ClN2O3. The Bertz CT molecular complexity index is 1040. The summed E-state index contributed by atoms with van der Waals surface area (Å²) in [5.74, 6) is -0.667. The van der Waals surface area contributed by atoms with Crippen LogP contribution in [0.25, 0.3) is 11.1 Å². The van der Waals surface area contributed by atoms with Gasteiger partial charge in [-0.2, -0.15) is 0 Å². The molecule has 0 unspecified atom stereocenters. The fraction of sp³-hybridized carbons (Fsp3) is 0.300. The number of likely N-dealkylation sites (N-methyl/N-ethyl adjacent to an activating group) is 1. The molecule has 0 bridgehead atoms. The lowest BCUT2D eigenvalue weighted by Crippen LogP contribution is -2.37. The first-order valence-corrected chi connectivity index (χ1v) is 9.05. The monoisotopic (exact) mass is 370 g/mol. The largest absolute Gasteiger partial charge is 0.420 e. The number of carbonyl (C=O) groups is 1. The zero-order valence-corrected chi connectivity index (χ0v) is 15.2. The van der Waals surface area contributed by atoms with Gasteiger partial charge in [-0.05, 0) is 42.5 Å². The van der Waals surface area contributed by atoms with E-state index in [-0.39, 0.29) is 18.5 Å². The van der Waals surface area contributed by atoms with Gasteiger partial charge in [-0.25, -0.2) is 4.79 Å². The van der Waals surface area contributed by atoms with E-state index in [9.17, 15) is 9.59 Å². The highest BCUT2D eigenvalue weighted by atomic mass is 35.5. The van der Waals surface area contributed by atoms with Gasteiger partial charge in [0.1, 0.15) is 6.54 Å². The van der Waals surface area contributed by atoms with Crippen molar-refractivity contribution in [1.29, 1.82) is 0 Å². The van der Waals surface area contributed by atoms with Gasteiger partial charge in [0.15, 0.2) is 5.58 Å². The van der Waals surface area contributed by atoms with Gasteiger partial charge in [-0.15, -0.1) is 0 Å². The zero-order chi connectivity index (χ0) is 18.3. The molecule has 1 aromatic heterocycles. The number of halogens is 1. The molecule has 1 atom stereocenters. The Morgan fingerprint density at radius 1 is 1.31 bits per heavy atom. The van der Waals surface area contributed by atoms with E-state index in [0.717, 1.165) is 19.3 Å². The van der Waals surface area contributed by atoms with Gasteiger partial charge < -0.3 is 9.32 Å². The molecule has 5 nitrogen and oxygen atoms in total. The average molecular weight is 371 g/mol. The Hall–Kier alpha value is -2.53. The number of amides is 1. The smallest absolute Gasteiger partial charge is 0.408 e. The number of oxazole rings is 1. The second-order valence-electron chi connectivity index (χ2n) is 6.68. The molecule has 0 saturated carbocycles. The van der Waals surface area contributed by atoms with Gasteiger partial charge >= 0.3 is 5.76 Å². The minimum atomic E-state index is -0.548. The van der Waals surface area contributed by atoms with Crippen molar-refractivity contribution >= 4 is 28.6 Å². The molecule has 0 saturated heterocycles. The first-order valence-electron chi connectivity index (χ1n) is 8.67. The Morgan fingerprint density at radius 3 is 2.96 bits per heavy atom. The van der Waals surface area contributed by atoms with Gasteiger partial charge in [0, 0.05) is 18.1 Å². The zero-order valence-electron chi connectivity index (χ0n) is 14.4. The molecular weight excluding hydrogens is 352 g/mol. The van der Waals surface area contributed by atoms with E-state index in [2.05, 4.69) is 12.1 Å². The molecule has 2 aromatic carbocycles. The molecule has 0 radical (unpaired) electrons. The Balaban J connectivity index is 1.62. The Morgan fingerprint density at radius 2 is 2.12 bits per heavy atom. The van der Waals surface area contributed by atoms with Gasteiger partial charge in [-0.1, -0.05) is 35.9 Å². The third kappa shape index (κ3) is 2.92. The quantitative estimate of drug-likeness (QED) is 0.705. The van der Waals surface area contributed by atoms with Crippen LogP contribution in [0.15, 0.2) is 51.7 Å². The fourth-order valence-corrected chi connectivity index (χ4v) is 3.90. The number of fused-ring (bicyclic) bond motifs is 2. The molecule has 1 heterocycles. The van der Waals surface area contributed by atoms with E-state index in [1.165, 1.54) is 15.7 Å². The van der Waals surface area contributed by atoms with Crippen molar-refractivity contribution in [3.8, 4) is 0 Å². The number of aromatic nitrogens is 1. The lowest BCUT2D eigenvalue weighted by molar-refractivity contribution is -0.133. The van der Waals surface area contributed by atoms with Crippen molar-refractivity contribution in [3.63, 3.8) is 0 Å². The highest BCUT2D eigenvalue weighted by Crippen LogP contribution is 2.33. The van der Waals surface area contributed by atoms with Crippen LogP contribution in [0.5, 0.6) is 0 Å². The lowest BCUT2D eigenvalue weighted by Gasteiger charge is -2.33. The summed E-state index contributed by atoms with van der Waals surface area (Å²) in [6, 6.07) is 13.3. The molecule has 1 aliphatic carbocycles. The number of benzene rings is 2. The lowest BCUT2D eigenvalue weighted by atomic mass is 9.87. The van der Waals surface area contributed by atoms with Crippen molar-refractivity contribution in [2.24, 2.45) is 0 Å². The maximum absolute atomic E-state index is 12.9. The molecule has 134 valence electrons. The minimum absolute atomic E-state index is 0.0377. The van der Waals surface area contributed by atoms with Crippen LogP contribution in [0.3, 0.4) is 0 Å². The van der Waals surface area contributed by atoms with Crippen LogP contribution in [0.2, 0.25) is 5.02 Å². The van der Waals surface area contributed by atoms with Crippen molar-refractivity contribution in [3.05, 3.63) is 69.2 Å². The molecule has 4 rings (SSSR count). The van der Waals surface area contributed by atoms with E-state index in [1.807, 2.05) is 12.1 Å². The van der Waals surface area contributed by atoms with Gasteiger partial charge in [0.05, 0.1) is 11.6 Å². The van der Waals surface area contributed by atoms with Crippen molar-refractivity contribution < 1.29 is 9.21 Å². The summed E-state index contributed by atoms with van der Waals surface area (Å²) >= 11 is 5.94. The number of hydrogen-bond donors (Lipinski definition) is 0. The van der Waals surface area contributed by atoms with Crippen LogP contribution in [0.4, 0.5) is 0 Å². The highest BCUT2D eigenvalue weighted by molar-refractivity contribution is 6.31. The second-order valence-corrected chi connectivity index (χ2v) is 7.11. The molecule has 0 spiro atoms. The molecule has 26 heavy (non-hydrogen) atoms. The van der Waals surface area contributed by atoms with Crippen LogP contribution < -0.4 is 5.76 Å². The molecule has 1 aliphatic rings. The SMILES string of the molecule is CN(C(=O)Cn1c(=O)oc2cc(Cl)ccc21)[C@@H]1CCCc2ccccc21. The van der Waals surface area contributed by atoms with E-state index in [0.29, 0.717) is 16.1 Å². The van der Waals surface area contributed by atoms with Crippen molar-refractivity contribution in [1.82, 2.24) is 9.47 Å². The number of rotatable bonds is 3. The van der Waals surface area contributed by atoms with Crippen molar-refractivity contribution in [2.75, 3.05) is 7.05 Å². The maximum Gasteiger partial charge on any atom is 0.420 e. The summed E-state index contributed by atoms with van der Waals surface area (Å²) in [6.07, 6.45) is 3.02. The first kappa shape index (κ1) is 16.9. The van der Waals surface area contributed by atoms with E-state index < -0.39 is 5.76 Å². The summed E-state index contributed by atoms with van der Waals surface area (Å²) in [7, 11) is 1.80. The van der Waals surface area contributed by atoms with Gasteiger partial charge in [-0.3, -0.25) is 9.36 Å². The summed E-state index contributed by atoms with van der Waals surface area (Å²) in [5.41, 5.74) is 3.46. The van der Waals surface area contributed by atoms with Gasteiger partial charge in [0.25, 0.3) is 0 Å². The maximum atomic E-state index is 12.9. The summed E-state index contributed by atoms with van der Waals surface area (Å²) in [5, 5.41) is 0.487. The van der Waals surface area contributed by atoms with E-state index in [4.69, 9.17) is 16.0 Å². The topological polar surface area (TPSA) is 55.5 Å². The molecule has 6 heteroatoms. The predicted octanol–water partition coefficient (Wildman–Crippen LogP) is 3.78. The van der Waals surface area contributed by atoms with Crippen molar-refractivity contribution in [2.45, 2.75) is 31.8 Å². The first-order chi connectivity index (χ1) is 12.5. The molecule has 0 fully saturated rings. The number of aryl methyl sites for hydroxylation is 1.